The molecule has 0 saturated carbocycles. The molecule has 104 valence electrons. The molecule has 5 nitrogen and oxygen atoms in total. The SMILES string of the molecule is CC.O=C1CCN(Sc2ccc([N+](=O)[O-])cc2)CC1. The van der Waals surface area contributed by atoms with Gasteiger partial charge in [0.25, 0.3) is 5.69 Å². The van der Waals surface area contributed by atoms with E-state index in [-0.39, 0.29) is 5.69 Å². The van der Waals surface area contributed by atoms with Crippen LogP contribution in [0, 0.1) is 10.1 Å². The summed E-state index contributed by atoms with van der Waals surface area (Å²) in [6, 6.07) is 6.47. The van der Waals surface area contributed by atoms with Crippen LogP contribution in [0.25, 0.3) is 0 Å². The highest BCUT2D eigenvalue weighted by atomic mass is 32.2. The number of rotatable bonds is 3. The summed E-state index contributed by atoms with van der Waals surface area (Å²) in [6.07, 6.45) is 1.19. The number of ketones is 1. The second-order valence-electron chi connectivity index (χ2n) is 3.81. The van der Waals surface area contributed by atoms with E-state index in [0.717, 1.165) is 18.0 Å². The first-order valence-corrected chi connectivity index (χ1v) is 7.11. The van der Waals surface area contributed by atoms with Crippen molar-refractivity contribution in [2.75, 3.05) is 13.1 Å². The Kier molecular flexibility index (Phi) is 6.52. The molecule has 1 aliphatic heterocycles. The number of carbonyl (C=O) groups is 1. The maximum Gasteiger partial charge on any atom is 0.269 e. The number of hydrogen-bond donors (Lipinski definition) is 0. The fourth-order valence-corrected chi connectivity index (χ4v) is 2.53. The normalized spacial score (nSPS) is 15.6. The third-order valence-electron chi connectivity index (χ3n) is 2.56. The topological polar surface area (TPSA) is 63.5 Å². The Morgan fingerprint density at radius 3 is 2.16 bits per heavy atom. The molecule has 1 aromatic rings. The van der Waals surface area contributed by atoms with Crippen LogP contribution in [0.5, 0.6) is 0 Å². The lowest BCUT2D eigenvalue weighted by molar-refractivity contribution is -0.384. The minimum Gasteiger partial charge on any atom is -0.300 e. The number of carbonyl (C=O) groups excluding carboxylic acids is 1. The highest BCUT2D eigenvalue weighted by Crippen LogP contribution is 2.26. The summed E-state index contributed by atoms with van der Waals surface area (Å²) in [7, 11) is 0. The Morgan fingerprint density at radius 2 is 1.68 bits per heavy atom. The molecule has 19 heavy (non-hydrogen) atoms. The molecular formula is C13H18N2O3S. The lowest BCUT2D eigenvalue weighted by Gasteiger charge is -2.24. The number of benzene rings is 1. The van der Waals surface area contributed by atoms with Crippen LogP contribution in [0.15, 0.2) is 29.2 Å². The standard InChI is InChI=1S/C11H12N2O3S.C2H6/c14-10-5-7-12(8-6-10)17-11-3-1-9(2-4-11)13(15)16;1-2/h1-4H,5-8H2;1-2H3. The van der Waals surface area contributed by atoms with Gasteiger partial charge in [-0.1, -0.05) is 13.8 Å². The van der Waals surface area contributed by atoms with Gasteiger partial charge in [0.15, 0.2) is 0 Å². The molecule has 1 heterocycles. The van der Waals surface area contributed by atoms with Gasteiger partial charge in [0, 0.05) is 43.0 Å². The Labute approximate surface area is 117 Å². The summed E-state index contributed by atoms with van der Waals surface area (Å²) in [4.78, 5) is 22.1. The molecule has 0 unspecified atom stereocenters. The van der Waals surface area contributed by atoms with Gasteiger partial charge in [-0.15, -0.1) is 0 Å². The van der Waals surface area contributed by atoms with Crippen LogP contribution in [-0.2, 0) is 4.79 Å². The van der Waals surface area contributed by atoms with E-state index in [2.05, 4.69) is 4.31 Å². The molecule has 2 rings (SSSR count). The van der Waals surface area contributed by atoms with Crippen LogP contribution in [0.3, 0.4) is 0 Å². The van der Waals surface area contributed by atoms with Crippen LogP contribution in [0.1, 0.15) is 26.7 Å². The van der Waals surface area contributed by atoms with E-state index in [4.69, 9.17) is 0 Å². The zero-order valence-electron chi connectivity index (χ0n) is 11.2. The van der Waals surface area contributed by atoms with Crippen LogP contribution < -0.4 is 0 Å². The lowest BCUT2D eigenvalue weighted by Crippen LogP contribution is -2.28. The highest BCUT2D eigenvalue weighted by Gasteiger charge is 2.17. The largest absolute Gasteiger partial charge is 0.300 e. The zero-order chi connectivity index (χ0) is 14.3. The molecule has 0 spiro atoms. The van der Waals surface area contributed by atoms with Gasteiger partial charge in [-0.05, 0) is 24.1 Å². The van der Waals surface area contributed by atoms with Crippen molar-refractivity contribution in [2.45, 2.75) is 31.6 Å². The van der Waals surface area contributed by atoms with Gasteiger partial charge in [-0.25, -0.2) is 4.31 Å². The van der Waals surface area contributed by atoms with Gasteiger partial charge in [0.2, 0.25) is 0 Å². The molecule has 0 radical (unpaired) electrons. The molecule has 0 N–H and O–H groups in total. The Morgan fingerprint density at radius 1 is 1.16 bits per heavy atom. The van der Waals surface area contributed by atoms with E-state index < -0.39 is 4.92 Å². The van der Waals surface area contributed by atoms with Gasteiger partial charge >= 0.3 is 0 Å². The Balaban J connectivity index is 0.000000861. The van der Waals surface area contributed by atoms with E-state index >= 15 is 0 Å². The Hall–Kier alpha value is -1.40. The minimum atomic E-state index is -0.409. The summed E-state index contributed by atoms with van der Waals surface area (Å²) < 4.78 is 2.11. The van der Waals surface area contributed by atoms with E-state index in [0.29, 0.717) is 18.6 Å². The maximum absolute atomic E-state index is 11.1. The maximum atomic E-state index is 11.1. The van der Waals surface area contributed by atoms with Crippen molar-refractivity contribution >= 4 is 23.4 Å². The van der Waals surface area contributed by atoms with Crippen molar-refractivity contribution < 1.29 is 9.72 Å². The number of Topliss-reactive ketones (excluding diaryl/α,β-unsaturated/α-hetero) is 1. The van der Waals surface area contributed by atoms with Crippen molar-refractivity contribution in [3.8, 4) is 0 Å². The van der Waals surface area contributed by atoms with E-state index in [9.17, 15) is 14.9 Å². The number of nitrogens with zero attached hydrogens (tertiary/aromatic N) is 2. The molecule has 0 atom stereocenters. The third kappa shape index (κ3) is 5.00. The van der Waals surface area contributed by atoms with Crippen molar-refractivity contribution in [1.29, 1.82) is 0 Å². The van der Waals surface area contributed by atoms with Gasteiger partial charge in [0.05, 0.1) is 4.92 Å². The summed E-state index contributed by atoms with van der Waals surface area (Å²) in [6.45, 7) is 5.50. The summed E-state index contributed by atoms with van der Waals surface area (Å²) >= 11 is 1.55. The minimum absolute atomic E-state index is 0.100. The van der Waals surface area contributed by atoms with E-state index in [1.165, 1.54) is 12.1 Å². The van der Waals surface area contributed by atoms with Crippen LogP contribution in [-0.4, -0.2) is 28.1 Å². The van der Waals surface area contributed by atoms with Gasteiger partial charge in [0.1, 0.15) is 5.78 Å². The number of nitro groups is 1. The predicted molar refractivity (Wildman–Crippen MR) is 76.1 cm³/mol. The van der Waals surface area contributed by atoms with E-state index in [1.54, 1.807) is 24.1 Å². The highest BCUT2D eigenvalue weighted by molar-refractivity contribution is 7.97. The molecule has 1 fully saturated rings. The van der Waals surface area contributed by atoms with Crippen molar-refractivity contribution in [2.24, 2.45) is 0 Å². The number of hydrogen-bond acceptors (Lipinski definition) is 5. The van der Waals surface area contributed by atoms with Gasteiger partial charge in [-0.2, -0.15) is 0 Å². The van der Waals surface area contributed by atoms with Gasteiger partial charge < -0.3 is 0 Å². The summed E-state index contributed by atoms with van der Waals surface area (Å²) in [5, 5.41) is 10.5. The molecular weight excluding hydrogens is 264 g/mol. The molecule has 0 aromatic heterocycles. The second-order valence-corrected chi connectivity index (χ2v) is 4.98. The lowest BCUT2D eigenvalue weighted by atomic mass is 10.1. The van der Waals surface area contributed by atoms with Crippen LogP contribution >= 0.6 is 11.9 Å². The monoisotopic (exact) mass is 282 g/mol. The first-order valence-electron chi connectivity index (χ1n) is 6.34. The fourth-order valence-electron chi connectivity index (χ4n) is 1.60. The molecule has 0 aliphatic carbocycles. The number of non-ortho nitro benzene ring substituents is 1. The average Bonchev–Trinajstić information content (AvgIpc) is 2.44. The zero-order valence-corrected chi connectivity index (χ0v) is 12.0. The van der Waals surface area contributed by atoms with Gasteiger partial charge in [-0.3, -0.25) is 14.9 Å². The average molecular weight is 282 g/mol. The second kappa shape index (κ2) is 7.91. The van der Waals surface area contributed by atoms with Crippen molar-refractivity contribution in [1.82, 2.24) is 4.31 Å². The van der Waals surface area contributed by atoms with Crippen LogP contribution in [0.4, 0.5) is 5.69 Å². The summed E-state index contributed by atoms with van der Waals surface area (Å²) in [5.41, 5.74) is 0.100. The quantitative estimate of drug-likeness (QED) is 0.483. The summed E-state index contributed by atoms with van der Waals surface area (Å²) in [5.74, 6) is 0.311. The molecule has 0 amide bonds. The van der Waals surface area contributed by atoms with Crippen molar-refractivity contribution in [3.05, 3.63) is 34.4 Å². The molecule has 1 aliphatic rings. The molecule has 6 heteroatoms. The molecule has 1 saturated heterocycles. The van der Waals surface area contributed by atoms with Crippen molar-refractivity contribution in [3.63, 3.8) is 0 Å². The molecule has 0 bridgehead atoms. The third-order valence-corrected chi connectivity index (χ3v) is 3.67. The smallest absolute Gasteiger partial charge is 0.269 e. The fraction of sp³-hybridized carbons (Fsp3) is 0.462. The predicted octanol–water partition coefficient (Wildman–Crippen LogP) is 3.29. The van der Waals surface area contributed by atoms with E-state index in [1.807, 2.05) is 13.8 Å². The molecule has 1 aromatic carbocycles. The first-order chi connectivity index (χ1) is 9.15. The first kappa shape index (κ1) is 15.7. The van der Waals surface area contributed by atoms with Crippen LogP contribution in [0.2, 0.25) is 0 Å². The number of piperidine rings is 1. The number of nitro benzene ring substituents is 1. The Bertz CT molecular complexity index is 424.